The van der Waals surface area contributed by atoms with E-state index in [1.165, 1.54) is 0 Å². The fraction of sp³-hybridized carbons (Fsp3) is 0.786. The van der Waals surface area contributed by atoms with E-state index in [9.17, 15) is 8.42 Å². The zero-order chi connectivity index (χ0) is 15.7. The molecule has 8 heteroatoms. The van der Waals surface area contributed by atoms with Crippen LogP contribution in [-0.2, 0) is 21.3 Å². The van der Waals surface area contributed by atoms with Crippen LogP contribution in [0.2, 0.25) is 0 Å². The van der Waals surface area contributed by atoms with Crippen molar-refractivity contribution in [3.63, 3.8) is 0 Å². The third-order valence-corrected chi connectivity index (χ3v) is 7.15. The largest absolute Gasteiger partial charge is 0.380 e. The first-order valence-corrected chi connectivity index (χ1v) is 10.2. The maximum Gasteiger partial charge on any atom is 0.262 e. The van der Waals surface area contributed by atoms with E-state index in [0.717, 1.165) is 18.7 Å². The van der Waals surface area contributed by atoms with E-state index < -0.39 is 10.0 Å². The summed E-state index contributed by atoms with van der Waals surface area (Å²) in [5, 5.41) is 0.417. The average molecular weight is 345 g/mol. The maximum absolute atomic E-state index is 12.9. The molecule has 124 valence electrons. The lowest BCUT2D eigenvalue weighted by atomic mass is 10.1. The van der Waals surface area contributed by atoms with Gasteiger partial charge in [-0.3, -0.25) is 0 Å². The normalized spacial score (nSPS) is 27.0. The van der Waals surface area contributed by atoms with Crippen LogP contribution in [0.15, 0.2) is 17.6 Å². The summed E-state index contributed by atoms with van der Waals surface area (Å²) in [6.45, 7) is 6.81. The monoisotopic (exact) mass is 345 g/mol. The van der Waals surface area contributed by atoms with Gasteiger partial charge in [0.1, 0.15) is 0 Å². The van der Waals surface area contributed by atoms with Crippen LogP contribution in [-0.4, -0.2) is 59.1 Å². The Bertz CT molecular complexity index is 613. The smallest absolute Gasteiger partial charge is 0.262 e. The van der Waals surface area contributed by atoms with Gasteiger partial charge in [0, 0.05) is 42.9 Å². The van der Waals surface area contributed by atoms with Gasteiger partial charge in [0.25, 0.3) is 10.0 Å². The summed E-state index contributed by atoms with van der Waals surface area (Å²) in [7, 11) is -3.51. The zero-order valence-corrected chi connectivity index (χ0v) is 14.6. The van der Waals surface area contributed by atoms with Gasteiger partial charge in [-0.05, 0) is 12.3 Å². The van der Waals surface area contributed by atoms with E-state index >= 15 is 0 Å². The highest BCUT2D eigenvalue weighted by atomic mass is 32.2. The van der Waals surface area contributed by atoms with Crippen LogP contribution >= 0.6 is 11.8 Å². The Kier molecular flexibility index (Phi) is 4.82. The van der Waals surface area contributed by atoms with E-state index in [2.05, 4.69) is 18.8 Å². The van der Waals surface area contributed by atoms with Crippen LogP contribution in [0.1, 0.15) is 20.3 Å². The second-order valence-corrected chi connectivity index (χ2v) is 9.44. The molecule has 0 radical (unpaired) electrons. The molecular weight excluding hydrogens is 322 g/mol. The van der Waals surface area contributed by atoms with Gasteiger partial charge in [-0.25, -0.2) is 13.4 Å². The maximum atomic E-state index is 12.9. The molecule has 3 rings (SSSR count). The van der Waals surface area contributed by atoms with Gasteiger partial charge in [0.2, 0.25) is 0 Å². The topological polar surface area (TPSA) is 64.4 Å². The first-order chi connectivity index (χ1) is 10.5. The third-order valence-electron chi connectivity index (χ3n) is 4.04. The lowest BCUT2D eigenvalue weighted by Crippen LogP contribution is -2.54. The van der Waals surface area contributed by atoms with Gasteiger partial charge in [-0.1, -0.05) is 13.8 Å². The number of imidazole rings is 1. The number of fused-ring (bicyclic) bond motifs is 1. The minimum Gasteiger partial charge on any atom is -0.380 e. The minimum absolute atomic E-state index is 0.0350. The Hall–Kier alpha value is -0.570. The number of sulfonamides is 1. The fourth-order valence-electron chi connectivity index (χ4n) is 3.06. The molecule has 0 aliphatic carbocycles. The lowest BCUT2D eigenvalue weighted by molar-refractivity contribution is 0.0624. The average Bonchev–Trinajstić information content (AvgIpc) is 2.95. The van der Waals surface area contributed by atoms with Crippen LogP contribution in [0.25, 0.3) is 0 Å². The second-order valence-electron chi connectivity index (χ2n) is 6.26. The highest BCUT2D eigenvalue weighted by molar-refractivity contribution is 8.00. The van der Waals surface area contributed by atoms with Gasteiger partial charge >= 0.3 is 0 Å². The summed E-state index contributed by atoms with van der Waals surface area (Å²) in [5.41, 5.74) is 0. The molecule has 2 unspecified atom stereocenters. The van der Waals surface area contributed by atoms with E-state index in [0.29, 0.717) is 25.7 Å². The Morgan fingerprint density at radius 3 is 3.09 bits per heavy atom. The van der Waals surface area contributed by atoms with Crippen molar-refractivity contribution in [2.75, 3.05) is 25.5 Å². The Balaban J connectivity index is 1.83. The van der Waals surface area contributed by atoms with Crippen LogP contribution in [0.3, 0.4) is 0 Å². The van der Waals surface area contributed by atoms with Crippen molar-refractivity contribution in [1.82, 2.24) is 13.9 Å². The summed E-state index contributed by atoms with van der Waals surface area (Å²) in [4.78, 5) is 4.15. The van der Waals surface area contributed by atoms with Crippen molar-refractivity contribution in [2.45, 2.75) is 43.1 Å². The van der Waals surface area contributed by atoms with Crippen molar-refractivity contribution in [3.8, 4) is 0 Å². The summed E-state index contributed by atoms with van der Waals surface area (Å²) in [5.74, 6) is 1.27. The first-order valence-electron chi connectivity index (χ1n) is 7.71. The molecule has 1 aromatic heterocycles. The molecule has 0 spiro atoms. The molecule has 0 aromatic carbocycles. The molecular formula is C14H23N3O3S2. The Morgan fingerprint density at radius 1 is 1.50 bits per heavy atom. The molecule has 2 aliphatic rings. The van der Waals surface area contributed by atoms with Gasteiger partial charge in [-0.15, -0.1) is 0 Å². The second kappa shape index (κ2) is 6.51. The summed E-state index contributed by atoms with van der Waals surface area (Å²) >= 11 is 1.82. The van der Waals surface area contributed by atoms with Crippen LogP contribution < -0.4 is 0 Å². The SMILES string of the molecule is CC(C)Cn1cnc(S(=O)(=O)N2CCSC3COCCC32)c1. The van der Waals surface area contributed by atoms with Gasteiger partial charge in [0.15, 0.2) is 5.03 Å². The van der Waals surface area contributed by atoms with Gasteiger partial charge < -0.3 is 9.30 Å². The predicted molar refractivity (Wildman–Crippen MR) is 86.4 cm³/mol. The highest BCUT2D eigenvalue weighted by Crippen LogP contribution is 2.33. The van der Waals surface area contributed by atoms with Crippen molar-refractivity contribution in [2.24, 2.45) is 5.92 Å². The quantitative estimate of drug-likeness (QED) is 0.826. The first kappa shape index (κ1) is 16.3. The molecule has 2 fully saturated rings. The van der Waals surface area contributed by atoms with E-state index in [1.54, 1.807) is 16.8 Å². The van der Waals surface area contributed by atoms with Crippen molar-refractivity contribution in [1.29, 1.82) is 0 Å². The molecule has 22 heavy (non-hydrogen) atoms. The van der Waals surface area contributed by atoms with Crippen LogP contribution in [0.5, 0.6) is 0 Å². The Labute approximate surface area is 136 Å². The molecule has 1 aromatic rings. The molecule has 0 N–H and O–H groups in total. The molecule has 0 bridgehead atoms. The van der Waals surface area contributed by atoms with E-state index in [1.807, 2.05) is 16.3 Å². The number of hydrogen-bond acceptors (Lipinski definition) is 5. The van der Waals surface area contributed by atoms with E-state index in [-0.39, 0.29) is 16.3 Å². The molecule has 3 heterocycles. The number of thioether (sulfide) groups is 1. The third kappa shape index (κ3) is 3.20. The summed E-state index contributed by atoms with van der Waals surface area (Å²) in [6, 6.07) is 0.0350. The minimum atomic E-state index is -3.51. The number of nitrogens with zero attached hydrogens (tertiary/aromatic N) is 3. The summed E-state index contributed by atoms with van der Waals surface area (Å²) < 4.78 is 34.9. The van der Waals surface area contributed by atoms with Gasteiger partial charge in [0.05, 0.1) is 12.9 Å². The number of rotatable bonds is 4. The van der Waals surface area contributed by atoms with Gasteiger partial charge in [-0.2, -0.15) is 16.1 Å². The number of aromatic nitrogens is 2. The Morgan fingerprint density at radius 2 is 2.32 bits per heavy atom. The molecule has 2 atom stereocenters. The summed E-state index contributed by atoms with van der Waals surface area (Å²) in [6.07, 6.45) is 4.04. The predicted octanol–water partition coefficient (Wildman–Crippen LogP) is 1.43. The van der Waals surface area contributed by atoms with Crippen molar-refractivity contribution < 1.29 is 13.2 Å². The van der Waals surface area contributed by atoms with Crippen LogP contribution in [0, 0.1) is 5.92 Å². The van der Waals surface area contributed by atoms with Crippen LogP contribution in [0.4, 0.5) is 0 Å². The van der Waals surface area contributed by atoms with Crippen molar-refractivity contribution in [3.05, 3.63) is 12.5 Å². The zero-order valence-electron chi connectivity index (χ0n) is 13.0. The van der Waals surface area contributed by atoms with Crippen molar-refractivity contribution >= 4 is 21.8 Å². The van der Waals surface area contributed by atoms with E-state index in [4.69, 9.17) is 4.74 Å². The molecule has 0 saturated carbocycles. The molecule has 2 saturated heterocycles. The standard InChI is InChI=1S/C14H23N3O3S2/c1-11(2)7-16-8-14(15-10-16)22(18,19)17-4-6-21-13-9-20-5-3-12(13)17/h8,10-13H,3-7,9H2,1-2H3. The molecule has 6 nitrogen and oxygen atoms in total. The highest BCUT2D eigenvalue weighted by Gasteiger charge is 2.41. The molecule has 0 amide bonds. The fourth-order valence-corrected chi connectivity index (χ4v) is 6.19. The molecule has 2 aliphatic heterocycles. The number of ether oxygens (including phenoxy) is 1. The lowest BCUT2D eigenvalue weighted by Gasteiger charge is -2.41. The number of hydrogen-bond donors (Lipinski definition) is 0.